The molecule has 0 saturated carbocycles. The van der Waals surface area contributed by atoms with Crippen LogP contribution in [0.3, 0.4) is 0 Å². The Kier molecular flexibility index (Phi) is 6.36. The minimum atomic E-state index is -0.496. The summed E-state index contributed by atoms with van der Waals surface area (Å²) in [6.07, 6.45) is 1.79. The minimum Gasteiger partial charge on any atom is -0.456 e. The van der Waals surface area contributed by atoms with Crippen LogP contribution in [0.15, 0.2) is 176 Å². The van der Waals surface area contributed by atoms with Crippen molar-refractivity contribution < 1.29 is 4.74 Å². The first kappa shape index (κ1) is 28.4. The number of aromatic nitrogens is 3. The van der Waals surface area contributed by atoms with E-state index in [9.17, 15) is 0 Å². The highest BCUT2D eigenvalue weighted by atomic mass is 16.5. The summed E-state index contributed by atoms with van der Waals surface area (Å²) in [6, 6.07) is 59.3. The summed E-state index contributed by atoms with van der Waals surface area (Å²) in [4.78, 5) is 14.5. The van der Waals surface area contributed by atoms with Crippen LogP contribution >= 0.6 is 0 Å². The third-order valence-corrected chi connectivity index (χ3v) is 10.1. The first-order chi connectivity index (χ1) is 24.8. The lowest BCUT2D eigenvalue weighted by Crippen LogP contribution is -2.32. The van der Waals surface area contributed by atoms with Crippen molar-refractivity contribution in [2.24, 2.45) is 0 Å². The number of fused-ring (bicyclic) bond motifs is 9. The minimum absolute atomic E-state index is 0.496. The van der Waals surface area contributed by atoms with Crippen molar-refractivity contribution in [2.45, 2.75) is 5.41 Å². The number of nitrogens with zero attached hydrogens (tertiary/aromatic N) is 3. The van der Waals surface area contributed by atoms with Gasteiger partial charge in [-0.1, -0.05) is 146 Å². The molecule has 0 N–H and O–H groups in total. The Balaban J connectivity index is 1.13. The van der Waals surface area contributed by atoms with Crippen LogP contribution in [0, 0.1) is 0 Å². The fourth-order valence-electron chi connectivity index (χ4n) is 7.88. The Bertz CT molecular complexity index is 2460. The van der Waals surface area contributed by atoms with E-state index in [-0.39, 0.29) is 0 Å². The molecule has 3 heterocycles. The Hall–Kier alpha value is -6.65. The Morgan fingerprint density at radius 1 is 0.400 bits per heavy atom. The van der Waals surface area contributed by atoms with E-state index in [1.54, 1.807) is 6.20 Å². The molecule has 0 unspecified atom stereocenters. The van der Waals surface area contributed by atoms with Crippen LogP contribution < -0.4 is 4.74 Å². The van der Waals surface area contributed by atoms with Crippen LogP contribution in [0.5, 0.6) is 11.5 Å². The van der Waals surface area contributed by atoms with E-state index in [1.165, 1.54) is 27.8 Å². The molecule has 0 fully saturated rings. The molecule has 0 radical (unpaired) electrons. The molecule has 0 saturated heterocycles. The van der Waals surface area contributed by atoms with Gasteiger partial charge in [-0.2, -0.15) is 0 Å². The molecular formula is C46H29N3O. The van der Waals surface area contributed by atoms with Crippen molar-refractivity contribution in [1.29, 1.82) is 0 Å². The summed E-state index contributed by atoms with van der Waals surface area (Å²) >= 11 is 0. The molecule has 4 heteroatoms. The molecular weight excluding hydrogens is 611 g/mol. The van der Waals surface area contributed by atoms with Gasteiger partial charge in [0.1, 0.15) is 11.5 Å². The number of rotatable bonds is 4. The van der Waals surface area contributed by atoms with E-state index < -0.39 is 5.41 Å². The molecule has 2 aliphatic rings. The summed E-state index contributed by atoms with van der Waals surface area (Å²) < 4.78 is 6.90. The van der Waals surface area contributed by atoms with Crippen LogP contribution in [0.25, 0.3) is 56.3 Å². The van der Waals surface area contributed by atoms with Crippen LogP contribution in [-0.2, 0) is 5.41 Å². The normalized spacial score (nSPS) is 13.1. The monoisotopic (exact) mass is 639 g/mol. The number of para-hydroxylation sites is 2. The second-order valence-corrected chi connectivity index (χ2v) is 12.7. The highest BCUT2D eigenvalue weighted by molar-refractivity contribution is 5.90. The molecule has 1 aliphatic heterocycles. The Labute approximate surface area is 290 Å². The number of hydrogen-bond donors (Lipinski definition) is 0. The van der Waals surface area contributed by atoms with Crippen LogP contribution in [0.2, 0.25) is 0 Å². The molecule has 4 nitrogen and oxygen atoms in total. The highest BCUT2D eigenvalue weighted by Gasteiger charge is 2.51. The maximum atomic E-state index is 6.90. The second kappa shape index (κ2) is 11.2. The molecule has 8 aromatic rings. The maximum absolute atomic E-state index is 6.90. The summed E-state index contributed by atoms with van der Waals surface area (Å²) in [5.74, 6) is 2.43. The van der Waals surface area contributed by atoms with Gasteiger partial charge in [0, 0.05) is 34.0 Å². The van der Waals surface area contributed by atoms with Gasteiger partial charge in [-0.15, -0.1) is 0 Å². The number of pyridine rings is 1. The van der Waals surface area contributed by atoms with Gasteiger partial charge in [-0.3, -0.25) is 4.98 Å². The van der Waals surface area contributed by atoms with Crippen molar-refractivity contribution in [2.75, 3.05) is 0 Å². The van der Waals surface area contributed by atoms with Gasteiger partial charge in [0.25, 0.3) is 0 Å². The smallest absolute Gasteiger partial charge is 0.160 e. The van der Waals surface area contributed by atoms with Gasteiger partial charge in [0.05, 0.1) is 22.5 Å². The second-order valence-electron chi connectivity index (χ2n) is 12.7. The van der Waals surface area contributed by atoms with Crippen molar-refractivity contribution in [3.63, 3.8) is 0 Å². The van der Waals surface area contributed by atoms with E-state index in [1.807, 2.05) is 54.6 Å². The third kappa shape index (κ3) is 4.22. The molecule has 2 aromatic heterocycles. The fraction of sp³-hybridized carbons (Fsp3) is 0.0217. The molecule has 234 valence electrons. The third-order valence-electron chi connectivity index (χ3n) is 10.1. The zero-order valence-corrected chi connectivity index (χ0v) is 27.0. The highest BCUT2D eigenvalue weighted by Crippen LogP contribution is 2.63. The molecule has 1 spiro atoms. The van der Waals surface area contributed by atoms with Gasteiger partial charge >= 0.3 is 0 Å². The average molecular weight is 640 g/mol. The van der Waals surface area contributed by atoms with Crippen LogP contribution in [-0.4, -0.2) is 15.0 Å². The van der Waals surface area contributed by atoms with Crippen molar-refractivity contribution in [3.05, 3.63) is 198 Å². The van der Waals surface area contributed by atoms with Crippen molar-refractivity contribution >= 4 is 0 Å². The standard InChI is InChI=1S/C46H29N3O/c1-2-13-32(14-3-1)45-48-41(29-42(49-45)40-22-10-11-28-47-40)31-26-24-30(25-27-31)33-17-12-21-39-44(33)50-43-23-9-8-20-38(43)46(39)36-18-6-4-15-34(36)35-16-5-7-19-37(35)46/h1-29H. The first-order valence-electron chi connectivity index (χ1n) is 16.9. The molecule has 0 bridgehead atoms. The van der Waals surface area contributed by atoms with Crippen LogP contribution in [0.4, 0.5) is 0 Å². The zero-order chi connectivity index (χ0) is 33.1. The number of benzene rings is 6. The van der Waals surface area contributed by atoms with Gasteiger partial charge in [-0.25, -0.2) is 9.97 Å². The predicted octanol–water partition coefficient (Wildman–Crippen LogP) is 11.0. The summed E-state index contributed by atoms with van der Waals surface area (Å²) in [5, 5.41) is 0. The van der Waals surface area contributed by atoms with Gasteiger partial charge in [0.2, 0.25) is 0 Å². The molecule has 10 rings (SSSR count). The average Bonchev–Trinajstić information content (AvgIpc) is 3.49. The molecule has 0 atom stereocenters. The molecule has 50 heavy (non-hydrogen) atoms. The predicted molar refractivity (Wildman–Crippen MR) is 199 cm³/mol. The Morgan fingerprint density at radius 2 is 1.00 bits per heavy atom. The van der Waals surface area contributed by atoms with Crippen molar-refractivity contribution in [1.82, 2.24) is 15.0 Å². The van der Waals surface area contributed by atoms with Gasteiger partial charge in [-0.05, 0) is 52.1 Å². The lowest BCUT2D eigenvalue weighted by Gasteiger charge is -2.40. The first-order valence-corrected chi connectivity index (χ1v) is 16.9. The fourth-order valence-corrected chi connectivity index (χ4v) is 7.88. The molecule has 6 aromatic carbocycles. The summed E-state index contributed by atoms with van der Waals surface area (Å²) in [6.45, 7) is 0. The Morgan fingerprint density at radius 3 is 1.74 bits per heavy atom. The SMILES string of the molecule is c1ccc(-c2nc(-c3ccc(-c4cccc5c4Oc4ccccc4C54c5ccccc5-c5ccccc54)cc3)cc(-c3ccccn3)n2)cc1. The van der Waals surface area contributed by atoms with Gasteiger partial charge < -0.3 is 4.74 Å². The summed E-state index contributed by atoms with van der Waals surface area (Å²) in [7, 11) is 0. The van der Waals surface area contributed by atoms with E-state index in [0.29, 0.717) is 5.82 Å². The maximum Gasteiger partial charge on any atom is 0.160 e. The van der Waals surface area contributed by atoms with E-state index in [2.05, 4.69) is 120 Å². The van der Waals surface area contributed by atoms with E-state index in [0.717, 1.165) is 56.4 Å². The number of hydrogen-bond acceptors (Lipinski definition) is 4. The largest absolute Gasteiger partial charge is 0.456 e. The molecule has 0 amide bonds. The lowest BCUT2D eigenvalue weighted by molar-refractivity contribution is 0.438. The van der Waals surface area contributed by atoms with Crippen LogP contribution in [0.1, 0.15) is 22.3 Å². The van der Waals surface area contributed by atoms with E-state index in [4.69, 9.17) is 14.7 Å². The van der Waals surface area contributed by atoms with Crippen molar-refractivity contribution in [3.8, 4) is 67.8 Å². The molecule has 1 aliphatic carbocycles. The quantitative estimate of drug-likeness (QED) is 0.192. The summed E-state index contributed by atoms with van der Waals surface area (Å²) in [5.41, 5.74) is 13.4. The lowest BCUT2D eigenvalue weighted by atomic mass is 9.65. The van der Waals surface area contributed by atoms with E-state index >= 15 is 0 Å². The van der Waals surface area contributed by atoms with Gasteiger partial charge in [0.15, 0.2) is 5.82 Å². The number of ether oxygens (including phenoxy) is 1. The topological polar surface area (TPSA) is 47.9 Å². The zero-order valence-electron chi connectivity index (χ0n) is 27.0.